The summed E-state index contributed by atoms with van der Waals surface area (Å²) in [6.07, 6.45) is -2.99. The van der Waals surface area contributed by atoms with E-state index in [-0.39, 0.29) is 6.54 Å². The molecule has 0 aliphatic heterocycles. The summed E-state index contributed by atoms with van der Waals surface area (Å²) in [5.74, 6) is -0.734. The topological polar surface area (TPSA) is 55.1 Å². The molecule has 1 amide bonds. The van der Waals surface area contributed by atoms with Crippen LogP contribution in [0.15, 0.2) is 10.6 Å². The van der Waals surface area contributed by atoms with Gasteiger partial charge in [-0.15, -0.1) is 0 Å². The lowest BCUT2D eigenvalue weighted by atomic mass is 10.4. The van der Waals surface area contributed by atoms with Gasteiger partial charge in [0.1, 0.15) is 11.5 Å². The highest BCUT2D eigenvalue weighted by atomic mass is 19.3. The fourth-order valence-corrected chi connectivity index (χ4v) is 0.756. The minimum atomic E-state index is -2.99. The number of hydrogen-bond donors (Lipinski definition) is 1. The zero-order valence-electron chi connectivity index (χ0n) is 6.88. The van der Waals surface area contributed by atoms with Crippen molar-refractivity contribution >= 4 is 5.91 Å². The smallest absolute Gasteiger partial charge is 0.315 e. The largest absolute Gasteiger partial charge is 0.361 e. The van der Waals surface area contributed by atoms with Crippen molar-refractivity contribution in [1.29, 1.82) is 0 Å². The molecule has 0 aliphatic rings. The van der Waals surface area contributed by atoms with Crippen molar-refractivity contribution < 1.29 is 18.1 Å². The Morgan fingerprint density at radius 1 is 1.77 bits per heavy atom. The lowest BCUT2D eigenvalue weighted by Crippen LogP contribution is -2.28. The van der Waals surface area contributed by atoms with Gasteiger partial charge in [0.15, 0.2) is 0 Å². The van der Waals surface area contributed by atoms with E-state index < -0.39 is 12.3 Å². The Labute approximate surface area is 72.9 Å². The van der Waals surface area contributed by atoms with E-state index in [0.717, 1.165) is 0 Å². The monoisotopic (exact) mass is 190 g/mol. The summed E-state index contributed by atoms with van der Waals surface area (Å²) >= 11 is 0. The predicted molar refractivity (Wildman–Crippen MR) is 39.1 cm³/mol. The van der Waals surface area contributed by atoms with Crippen molar-refractivity contribution in [3.05, 3.63) is 17.5 Å². The molecule has 0 unspecified atom stereocenters. The van der Waals surface area contributed by atoms with Crippen LogP contribution in [-0.4, -0.2) is 17.5 Å². The van der Waals surface area contributed by atoms with Crippen molar-refractivity contribution in [3.63, 3.8) is 0 Å². The molecule has 0 saturated heterocycles. The van der Waals surface area contributed by atoms with Crippen LogP contribution >= 0.6 is 0 Å². The Bertz CT molecular complexity index is 298. The second-order valence-electron chi connectivity index (χ2n) is 2.45. The van der Waals surface area contributed by atoms with Crippen molar-refractivity contribution in [2.45, 2.75) is 19.9 Å². The minimum absolute atomic E-state index is 0.0412. The summed E-state index contributed by atoms with van der Waals surface area (Å²) in [7, 11) is 0. The molecule has 0 spiro atoms. The van der Waals surface area contributed by atoms with Gasteiger partial charge in [0.25, 0.3) is 5.91 Å². The van der Waals surface area contributed by atoms with E-state index in [1.807, 2.05) is 5.32 Å². The Morgan fingerprint density at radius 3 is 2.92 bits per heavy atom. The summed E-state index contributed by atoms with van der Waals surface area (Å²) in [4.78, 5) is 10.4. The molecule has 13 heavy (non-hydrogen) atoms. The maximum Gasteiger partial charge on any atom is 0.315 e. The highest BCUT2D eigenvalue weighted by Gasteiger charge is 2.14. The fourth-order valence-electron chi connectivity index (χ4n) is 0.756. The first-order chi connectivity index (χ1) is 6.09. The molecule has 1 rings (SSSR count). The van der Waals surface area contributed by atoms with Crippen LogP contribution in [0.1, 0.15) is 11.5 Å². The average Bonchev–Trinajstić information content (AvgIpc) is 2.47. The van der Waals surface area contributed by atoms with Gasteiger partial charge in [-0.1, -0.05) is 5.16 Å². The van der Waals surface area contributed by atoms with E-state index in [4.69, 9.17) is 0 Å². The van der Waals surface area contributed by atoms with Crippen LogP contribution in [0.5, 0.6) is 0 Å². The van der Waals surface area contributed by atoms with Gasteiger partial charge in [0, 0.05) is 6.07 Å². The molecule has 0 atom stereocenters. The maximum atomic E-state index is 11.7. The SMILES string of the molecule is Cc1cc(CNC(=O)C(F)F)no1. The molecular formula is C7H8F2N2O2. The number of nitrogens with one attached hydrogen (secondary N) is 1. The normalized spacial score (nSPS) is 10.5. The zero-order chi connectivity index (χ0) is 9.84. The summed E-state index contributed by atoms with van der Waals surface area (Å²) in [6.45, 7) is 1.63. The average molecular weight is 190 g/mol. The first-order valence-electron chi connectivity index (χ1n) is 3.57. The zero-order valence-corrected chi connectivity index (χ0v) is 6.88. The Hall–Kier alpha value is -1.46. The van der Waals surface area contributed by atoms with Crippen molar-refractivity contribution in [1.82, 2.24) is 10.5 Å². The van der Waals surface area contributed by atoms with Crippen molar-refractivity contribution in [3.8, 4) is 0 Å². The molecule has 0 radical (unpaired) electrons. The summed E-state index contributed by atoms with van der Waals surface area (Å²) in [6, 6.07) is 1.56. The molecule has 0 saturated carbocycles. The number of hydrogen-bond acceptors (Lipinski definition) is 3. The van der Waals surface area contributed by atoms with Gasteiger partial charge < -0.3 is 9.84 Å². The number of carbonyl (C=O) groups is 1. The number of amides is 1. The highest BCUT2D eigenvalue weighted by Crippen LogP contribution is 2.01. The van der Waals surface area contributed by atoms with Gasteiger partial charge >= 0.3 is 6.43 Å². The summed E-state index contributed by atoms with van der Waals surface area (Å²) < 4.78 is 28.0. The molecule has 72 valence electrons. The number of aromatic nitrogens is 1. The standard InChI is InChI=1S/C7H8F2N2O2/c1-4-2-5(11-13-4)3-10-7(12)6(8)9/h2,6H,3H2,1H3,(H,10,12). The van der Waals surface area contributed by atoms with Gasteiger partial charge in [-0.05, 0) is 6.92 Å². The van der Waals surface area contributed by atoms with Crippen LogP contribution in [0.2, 0.25) is 0 Å². The molecule has 0 fully saturated rings. The second kappa shape index (κ2) is 3.97. The van der Waals surface area contributed by atoms with Gasteiger partial charge in [0.2, 0.25) is 0 Å². The number of aryl methyl sites for hydroxylation is 1. The van der Waals surface area contributed by atoms with Gasteiger partial charge in [-0.25, -0.2) is 0 Å². The molecule has 0 aromatic carbocycles. The molecule has 1 aromatic heterocycles. The first kappa shape index (κ1) is 9.63. The number of rotatable bonds is 3. The Balaban J connectivity index is 2.39. The Kier molecular flexibility index (Phi) is 2.94. The number of nitrogens with zero attached hydrogens (tertiary/aromatic N) is 1. The third kappa shape index (κ3) is 2.81. The van der Waals surface area contributed by atoms with Crippen LogP contribution in [0.4, 0.5) is 8.78 Å². The lowest BCUT2D eigenvalue weighted by Gasteiger charge is -1.99. The van der Waals surface area contributed by atoms with Crippen LogP contribution in [-0.2, 0) is 11.3 Å². The quantitative estimate of drug-likeness (QED) is 0.769. The van der Waals surface area contributed by atoms with E-state index in [9.17, 15) is 13.6 Å². The third-order valence-electron chi connectivity index (χ3n) is 1.32. The first-order valence-corrected chi connectivity index (χ1v) is 3.57. The molecule has 6 heteroatoms. The molecule has 4 nitrogen and oxygen atoms in total. The van der Waals surface area contributed by atoms with E-state index in [0.29, 0.717) is 11.5 Å². The summed E-state index contributed by atoms with van der Waals surface area (Å²) in [5.41, 5.74) is 0.423. The Morgan fingerprint density at radius 2 is 2.46 bits per heavy atom. The lowest BCUT2D eigenvalue weighted by molar-refractivity contribution is -0.131. The van der Waals surface area contributed by atoms with Crippen LogP contribution in [0.3, 0.4) is 0 Å². The van der Waals surface area contributed by atoms with E-state index in [1.54, 1.807) is 13.0 Å². The number of halogens is 2. The van der Waals surface area contributed by atoms with E-state index in [1.165, 1.54) is 0 Å². The third-order valence-corrected chi connectivity index (χ3v) is 1.32. The minimum Gasteiger partial charge on any atom is -0.361 e. The summed E-state index contributed by atoms with van der Waals surface area (Å²) in [5, 5.41) is 5.51. The molecule has 1 heterocycles. The van der Waals surface area contributed by atoms with E-state index in [2.05, 4.69) is 9.68 Å². The predicted octanol–water partition coefficient (Wildman–Crippen LogP) is 0.864. The van der Waals surface area contributed by atoms with Crippen molar-refractivity contribution in [2.24, 2.45) is 0 Å². The molecule has 0 aliphatic carbocycles. The second-order valence-corrected chi connectivity index (χ2v) is 2.45. The molecular weight excluding hydrogens is 182 g/mol. The molecule has 0 bridgehead atoms. The fraction of sp³-hybridized carbons (Fsp3) is 0.429. The van der Waals surface area contributed by atoms with Crippen molar-refractivity contribution in [2.75, 3.05) is 0 Å². The van der Waals surface area contributed by atoms with Gasteiger partial charge in [0.05, 0.1) is 6.54 Å². The van der Waals surface area contributed by atoms with Crippen LogP contribution < -0.4 is 5.32 Å². The van der Waals surface area contributed by atoms with Gasteiger partial charge in [-0.3, -0.25) is 4.79 Å². The van der Waals surface area contributed by atoms with Crippen LogP contribution in [0, 0.1) is 6.92 Å². The van der Waals surface area contributed by atoms with E-state index >= 15 is 0 Å². The van der Waals surface area contributed by atoms with Gasteiger partial charge in [-0.2, -0.15) is 8.78 Å². The highest BCUT2D eigenvalue weighted by molar-refractivity contribution is 5.78. The molecule has 1 N–H and O–H groups in total. The maximum absolute atomic E-state index is 11.7. The number of carbonyl (C=O) groups excluding carboxylic acids is 1. The number of alkyl halides is 2. The van der Waals surface area contributed by atoms with Crippen LogP contribution in [0.25, 0.3) is 0 Å². The molecule has 1 aromatic rings.